The van der Waals surface area contributed by atoms with Crippen molar-refractivity contribution < 1.29 is 14.3 Å². The summed E-state index contributed by atoms with van der Waals surface area (Å²) in [5.41, 5.74) is 8.13. The van der Waals surface area contributed by atoms with E-state index in [1.54, 1.807) is 6.92 Å². The van der Waals surface area contributed by atoms with Crippen molar-refractivity contribution in [3.05, 3.63) is 40.3 Å². The van der Waals surface area contributed by atoms with Crippen LogP contribution in [0.25, 0.3) is 0 Å². The topological polar surface area (TPSA) is 81.4 Å². The van der Waals surface area contributed by atoms with Gasteiger partial charge in [0.1, 0.15) is 5.00 Å². The Kier molecular flexibility index (Phi) is 7.61. The van der Waals surface area contributed by atoms with Gasteiger partial charge >= 0.3 is 5.97 Å². The van der Waals surface area contributed by atoms with Crippen LogP contribution in [0.3, 0.4) is 0 Å². The number of hydrogen-bond acceptors (Lipinski definition) is 6. The minimum Gasteiger partial charge on any atom is -0.462 e. The number of thiophene rings is 1. The summed E-state index contributed by atoms with van der Waals surface area (Å²) in [5.74, 6) is -0.464. The minimum atomic E-state index is -0.336. The van der Waals surface area contributed by atoms with Crippen LogP contribution in [0.4, 0.5) is 10.7 Å². The van der Waals surface area contributed by atoms with Crippen molar-refractivity contribution in [3.63, 3.8) is 0 Å². The molecule has 3 rings (SSSR count). The van der Waals surface area contributed by atoms with Gasteiger partial charge in [-0.15, -0.1) is 23.1 Å². The van der Waals surface area contributed by atoms with Crippen molar-refractivity contribution in [1.29, 1.82) is 0 Å². The highest BCUT2D eigenvalue weighted by molar-refractivity contribution is 8.00. The van der Waals surface area contributed by atoms with E-state index < -0.39 is 0 Å². The smallest absolute Gasteiger partial charge is 0.341 e. The highest BCUT2D eigenvalue weighted by atomic mass is 32.2. The van der Waals surface area contributed by atoms with Gasteiger partial charge in [-0.05, 0) is 63.3 Å². The lowest BCUT2D eigenvalue weighted by molar-refractivity contribution is -0.115. The van der Waals surface area contributed by atoms with Crippen LogP contribution < -0.4 is 11.1 Å². The Morgan fingerprint density at radius 2 is 2.00 bits per heavy atom. The van der Waals surface area contributed by atoms with Gasteiger partial charge in [-0.1, -0.05) is 18.9 Å². The molecule has 1 amide bonds. The van der Waals surface area contributed by atoms with Gasteiger partial charge in [-0.25, -0.2) is 4.79 Å². The average molecular weight is 433 g/mol. The molecule has 1 aromatic heterocycles. The molecule has 0 saturated carbocycles. The molecule has 3 N–H and O–H groups in total. The normalized spacial score (nSPS) is 15.0. The molecule has 0 spiro atoms. The number of carbonyl (C=O) groups is 2. The number of amides is 1. The van der Waals surface area contributed by atoms with Gasteiger partial charge in [0.2, 0.25) is 5.91 Å². The molecule has 1 aliphatic rings. The van der Waals surface area contributed by atoms with Crippen molar-refractivity contribution in [2.24, 2.45) is 0 Å². The van der Waals surface area contributed by atoms with E-state index in [0.717, 1.165) is 36.1 Å². The van der Waals surface area contributed by atoms with Crippen LogP contribution in [0.2, 0.25) is 0 Å². The zero-order chi connectivity index (χ0) is 20.8. The summed E-state index contributed by atoms with van der Waals surface area (Å²) >= 11 is 2.98. The number of thioether (sulfide) groups is 1. The molecule has 0 aliphatic heterocycles. The van der Waals surface area contributed by atoms with Gasteiger partial charge in [-0.3, -0.25) is 4.79 Å². The summed E-state index contributed by atoms with van der Waals surface area (Å²) in [5, 5.41) is 3.31. The lowest BCUT2D eigenvalue weighted by atomic mass is 9.96. The molecule has 1 atom stereocenters. The molecule has 0 fully saturated rings. The number of hydrogen-bond donors (Lipinski definition) is 2. The van der Waals surface area contributed by atoms with Crippen LogP contribution in [-0.4, -0.2) is 23.7 Å². The van der Waals surface area contributed by atoms with Crippen LogP contribution in [0, 0.1) is 0 Å². The predicted octanol–water partition coefficient (Wildman–Crippen LogP) is 5.29. The van der Waals surface area contributed by atoms with Gasteiger partial charge in [0, 0.05) is 15.5 Å². The maximum Gasteiger partial charge on any atom is 0.341 e. The number of fused-ring (bicyclic) bond motifs is 1. The minimum absolute atomic E-state index is 0.128. The first kappa shape index (κ1) is 21.7. The highest BCUT2D eigenvalue weighted by Gasteiger charge is 2.27. The molecule has 1 heterocycles. The molecule has 1 unspecified atom stereocenters. The number of benzene rings is 1. The lowest BCUT2D eigenvalue weighted by Crippen LogP contribution is -2.23. The number of rotatable bonds is 6. The molecule has 1 aliphatic carbocycles. The summed E-state index contributed by atoms with van der Waals surface area (Å²) in [6, 6.07) is 7.49. The second-order valence-electron chi connectivity index (χ2n) is 7.16. The number of nitrogen functional groups attached to an aromatic ring is 1. The molecule has 2 aromatic rings. The number of aryl methyl sites for hydroxylation is 1. The standard InChI is InChI=1S/C22H28N2O3S2/c1-3-27-22(26)19-17-11-6-4-5-7-12-18(17)29-21(19)24-20(25)14(2)28-16-10-8-9-15(23)13-16/h8-10,13-14H,3-7,11-12,23H2,1-2H3,(H,24,25). The molecule has 0 saturated heterocycles. The SMILES string of the molecule is CCOC(=O)c1c(NC(=O)C(C)Sc2cccc(N)c2)sc2c1CCCCCC2. The fraction of sp³-hybridized carbons (Fsp3) is 0.455. The second kappa shape index (κ2) is 10.2. The maximum atomic E-state index is 12.9. The quantitative estimate of drug-likeness (QED) is 0.368. The third-order valence-electron chi connectivity index (χ3n) is 4.93. The number of anilines is 2. The van der Waals surface area contributed by atoms with E-state index in [1.807, 2.05) is 31.2 Å². The zero-order valence-electron chi connectivity index (χ0n) is 17.0. The fourth-order valence-corrected chi connectivity index (χ4v) is 5.70. The van der Waals surface area contributed by atoms with E-state index in [9.17, 15) is 9.59 Å². The van der Waals surface area contributed by atoms with E-state index >= 15 is 0 Å². The van der Waals surface area contributed by atoms with Gasteiger partial charge < -0.3 is 15.8 Å². The fourth-order valence-electron chi connectivity index (χ4n) is 3.49. The monoisotopic (exact) mass is 432 g/mol. The van der Waals surface area contributed by atoms with Crippen molar-refractivity contribution in [2.45, 2.75) is 62.5 Å². The Hall–Kier alpha value is -1.99. The first-order valence-electron chi connectivity index (χ1n) is 10.1. The van der Waals surface area contributed by atoms with E-state index in [1.165, 1.54) is 40.8 Å². The summed E-state index contributed by atoms with van der Waals surface area (Å²) < 4.78 is 5.31. The van der Waals surface area contributed by atoms with Crippen molar-refractivity contribution in [3.8, 4) is 0 Å². The highest BCUT2D eigenvalue weighted by Crippen LogP contribution is 2.38. The van der Waals surface area contributed by atoms with E-state index in [2.05, 4.69) is 5.32 Å². The Labute approximate surface area is 180 Å². The molecule has 0 radical (unpaired) electrons. The van der Waals surface area contributed by atoms with E-state index in [-0.39, 0.29) is 17.1 Å². The van der Waals surface area contributed by atoms with Crippen LogP contribution in [-0.2, 0) is 22.4 Å². The number of nitrogens with two attached hydrogens (primary N) is 1. The second-order valence-corrected chi connectivity index (χ2v) is 9.68. The van der Waals surface area contributed by atoms with Crippen molar-refractivity contribution in [2.75, 3.05) is 17.7 Å². The number of nitrogens with one attached hydrogen (secondary N) is 1. The van der Waals surface area contributed by atoms with Crippen LogP contribution in [0.15, 0.2) is 29.2 Å². The zero-order valence-corrected chi connectivity index (χ0v) is 18.6. The summed E-state index contributed by atoms with van der Waals surface area (Å²) in [6.45, 7) is 3.98. The van der Waals surface area contributed by atoms with Crippen molar-refractivity contribution in [1.82, 2.24) is 0 Å². The average Bonchev–Trinajstić information content (AvgIpc) is 2.98. The molecule has 29 heavy (non-hydrogen) atoms. The molecule has 0 bridgehead atoms. The van der Waals surface area contributed by atoms with Gasteiger partial charge in [0.25, 0.3) is 0 Å². The Balaban J connectivity index is 1.82. The Morgan fingerprint density at radius 3 is 2.72 bits per heavy atom. The van der Waals surface area contributed by atoms with Crippen LogP contribution >= 0.6 is 23.1 Å². The van der Waals surface area contributed by atoms with E-state index in [0.29, 0.717) is 22.9 Å². The van der Waals surface area contributed by atoms with Crippen LogP contribution in [0.1, 0.15) is 60.3 Å². The molecular weight excluding hydrogens is 404 g/mol. The number of carbonyl (C=O) groups excluding carboxylic acids is 2. The van der Waals surface area contributed by atoms with E-state index in [4.69, 9.17) is 10.5 Å². The summed E-state index contributed by atoms with van der Waals surface area (Å²) in [7, 11) is 0. The third kappa shape index (κ3) is 5.54. The van der Waals surface area contributed by atoms with Gasteiger partial charge in [0.15, 0.2) is 0 Å². The largest absolute Gasteiger partial charge is 0.462 e. The summed E-state index contributed by atoms with van der Waals surface area (Å²) in [4.78, 5) is 27.7. The summed E-state index contributed by atoms with van der Waals surface area (Å²) in [6.07, 6.45) is 6.38. The molecule has 156 valence electrons. The molecule has 5 nitrogen and oxygen atoms in total. The molecule has 7 heteroatoms. The number of ether oxygens (including phenoxy) is 1. The Bertz CT molecular complexity index is 879. The first-order valence-corrected chi connectivity index (χ1v) is 11.8. The first-order chi connectivity index (χ1) is 14.0. The predicted molar refractivity (Wildman–Crippen MR) is 121 cm³/mol. The van der Waals surface area contributed by atoms with Crippen LogP contribution in [0.5, 0.6) is 0 Å². The van der Waals surface area contributed by atoms with Gasteiger partial charge in [-0.2, -0.15) is 0 Å². The maximum absolute atomic E-state index is 12.9. The van der Waals surface area contributed by atoms with Gasteiger partial charge in [0.05, 0.1) is 17.4 Å². The Morgan fingerprint density at radius 1 is 1.24 bits per heavy atom. The third-order valence-corrected chi connectivity index (χ3v) is 7.23. The lowest BCUT2D eigenvalue weighted by Gasteiger charge is -2.13. The molecule has 1 aromatic carbocycles. The number of esters is 1. The molecular formula is C22H28N2O3S2. The van der Waals surface area contributed by atoms with Crippen molar-refractivity contribution >= 4 is 45.7 Å².